The molecule has 0 spiro atoms. The molecule has 0 bridgehead atoms. The molecular formula is C16H17FN2O5S2. The molecule has 0 aliphatic carbocycles. The number of methoxy groups -OCH3 is 1. The van der Waals surface area contributed by atoms with Crippen molar-refractivity contribution in [1.82, 2.24) is 10.2 Å². The number of thioether (sulfide) groups is 1. The molecule has 1 fully saturated rings. The number of sulfone groups is 1. The molecule has 0 saturated carbocycles. The Morgan fingerprint density at radius 1 is 1.42 bits per heavy atom. The number of rotatable bonds is 7. The predicted molar refractivity (Wildman–Crippen MR) is 92.8 cm³/mol. The fourth-order valence-electron chi connectivity index (χ4n) is 2.71. The van der Waals surface area contributed by atoms with Crippen molar-refractivity contribution in [2.45, 2.75) is 18.1 Å². The van der Waals surface area contributed by atoms with E-state index in [1.807, 2.05) is 0 Å². The third-order valence-corrected chi connectivity index (χ3v) is 6.69. The van der Waals surface area contributed by atoms with Gasteiger partial charge in [0.2, 0.25) is 5.89 Å². The van der Waals surface area contributed by atoms with E-state index in [-0.39, 0.29) is 45.5 Å². The summed E-state index contributed by atoms with van der Waals surface area (Å²) in [6, 6.07) is 4.01. The number of halogens is 1. The Labute approximate surface area is 154 Å². The molecule has 2 heterocycles. The molecule has 0 amide bonds. The predicted octanol–water partition coefficient (Wildman–Crippen LogP) is 2.17. The van der Waals surface area contributed by atoms with E-state index in [4.69, 9.17) is 9.15 Å². The summed E-state index contributed by atoms with van der Waals surface area (Å²) in [4.78, 5) is 12.1. The van der Waals surface area contributed by atoms with E-state index in [9.17, 15) is 17.6 Å². The Kier molecular flexibility index (Phi) is 5.61. The van der Waals surface area contributed by atoms with E-state index in [1.54, 1.807) is 0 Å². The molecule has 7 nitrogen and oxygen atoms in total. The molecule has 3 rings (SSSR count). The van der Waals surface area contributed by atoms with Crippen LogP contribution in [0.15, 0.2) is 27.8 Å². The summed E-state index contributed by atoms with van der Waals surface area (Å²) >= 11 is 1.06. The Balaban J connectivity index is 1.54. The van der Waals surface area contributed by atoms with Gasteiger partial charge in [-0.2, -0.15) is 0 Å². The van der Waals surface area contributed by atoms with E-state index in [0.717, 1.165) is 17.8 Å². The van der Waals surface area contributed by atoms with Crippen LogP contribution >= 0.6 is 11.8 Å². The number of aromatic nitrogens is 2. The smallest absolute Gasteiger partial charge is 0.277 e. The lowest BCUT2D eigenvalue weighted by atomic mass is 10.1. The van der Waals surface area contributed by atoms with Gasteiger partial charge in [0, 0.05) is 12.0 Å². The van der Waals surface area contributed by atoms with Crippen LogP contribution in [0.4, 0.5) is 4.39 Å². The van der Waals surface area contributed by atoms with E-state index in [1.165, 1.54) is 19.2 Å². The maximum Gasteiger partial charge on any atom is 0.277 e. The second-order valence-electron chi connectivity index (χ2n) is 6.00. The van der Waals surface area contributed by atoms with Crippen molar-refractivity contribution in [3.63, 3.8) is 0 Å². The summed E-state index contributed by atoms with van der Waals surface area (Å²) in [6.07, 6.45) is 0.999. The largest absolute Gasteiger partial charge is 0.494 e. The lowest BCUT2D eigenvalue weighted by molar-refractivity contribution is 0.102. The highest BCUT2D eigenvalue weighted by molar-refractivity contribution is 7.99. The van der Waals surface area contributed by atoms with Gasteiger partial charge in [-0.15, -0.1) is 10.2 Å². The molecule has 1 unspecified atom stereocenters. The van der Waals surface area contributed by atoms with Gasteiger partial charge >= 0.3 is 0 Å². The second-order valence-corrected chi connectivity index (χ2v) is 9.15. The number of ketones is 1. The first-order chi connectivity index (χ1) is 12.4. The third kappa shape index (κ3) is 4.61. The molecular weight excluding hydrogens is 383 g/mol. The van der Waals surface area contributed by atoms with Gasteiger partial charge in [0.15, 0.2) is 27.2 Å². The standard InChI is InChI=1S/C16H17FN2O5S2/c1-23-14-3-2-11(7-12(14)17)13(20)8-25-16-19-18-15(24-16)6-10-4-5-26(21,22)9-10/h2-3,7,10H,4-6,8-9H2,1H3. The van der Waals surface area contributed by atoms with Crippen molar-refractivity contribution in [3.05, 3.63) is 35.5 Å². The highest BCUT2D eigenvalue weighted by Crippen LogP contribution is 2.25. The first-order valence-electron chi connectivity index (χ1n) is 7.88. The number of carbonyl (C=O) groups is 1. The number of hydrogen-bond donors (Lipinski definition) is 0. The van der Waals surface area contributed by atoms with Crippen molar-refractivity contribution in [2.24, 2.45) is 5.92 Å². The van der Waals surface area contributed by atoms with Gasteiger partial charge in [-0.25, -0.2) is 12.8 Å². The van der Waals surface area contributed by atoms with Crippen molar-refractivity contribution in [1.29, 1.82) is 0 Å². The Hall–Kier alpha value is -1.94. The summed E-state index contributed by atoms with van der Waals surface area (Å²) in [7, 11) is -1.60. The molecule has 1 aromatic carbocycles. The van der Waals surface area contributed by atoms with E-state index < -0.39 is 15.7 Å². The van der Waals surface area contributed by atoms with E-state index >= 15 is 0 Å². The van der Waals surface area contributed by atoms with Crippen LogP contribution in [0.25, 0.3) is 0 Å². The van der Waals surface area contributed by atoms with Crippen LogP contribution in [0.1, 0.15) is 22.7 Å². The molecule has 1 aliphatic heterocycles. The molecule has 1 aliphatic rings. The van der Waals surface area contributed by atoms with Crippen LogP contribution < -0.4 is 4.74 Å². The average Bonchev–Trinajstić information content (AvgIpc) is 3.18. The highest BCUT2D eigenvalue weighted by atomic mass is 32.2. The summed E-state index contributed by atoms with van der Waals surface area (Å²) in [5, 5.41) is 7.98. The molecule has 10 heteroatoms. The Morgan fingerprint density at radius 2 is 2.23 bits per heavy atom. The van der Waals surface area contributed by atoms with E-state index in [2.05, 4.69) is 10.2 Å². The monoisotopic (exact) mass is 400 g/mol. The zero-order valence-electron chi connectivity index (χ0n) is 14.0. The molecule has 2 aromatic rings. The van der Waals surface area contributed by atoms with Gasteiger partial charge in [-0.1, -0.05) is 11.8 Å². The molecule has 140 valence electrons. The van der Waals surface area contributed by atoms with Crippen molar-refractivity contribution in [2.75, 3.05) is 24.4 Å². The minimum Gasteiger partial charge on any atom is -0.494 e. The maximum absolute atomic E-state index is 13.7. The molecule has 0 radical (unpaired) electrons. The Bertz CT molecular complexity index is 913. The number of benzene rings is 1. The maximum atomic E-state index is 13.7. The zero-order chi connectivity index (χ0) is 18.7. The normalized spacial score (nSPS) is 18.8. The molecule has 0 N–H and O–H groups in total. The first kappa shape index (κ1) is 18.8. The van der Waals surface area contributed by atoms with Crippen LogP contribution in [0.5, 0.6) is 5.75 Å². The fourth-order valence-corrected chi connectivity index (χ4v) is 5.25. The van der Waals surface area contributed by atoms with Gasteiger partial charge < -0.3 is 9.15 Å². The van der Waals surface area contributed by atoms with Gasteiger partial charge in [0.1, 0.15) is 0 Å². The Morgan fingerprint density at radius 3 is 2.88 bits per heavy atom. The van der Waals surface area contributed by atoms with Gasteiger partial charge in [-0.05, 0) is 30.5 Å². The van der Waals surface area contributed by atoms with Crippen molar-refractivity contribution in [3.8, 4) is 5.75 Å². The molecule has 1 aromatic heterocycles. The quantitative estimate of drug-likeness (QED) is 0.515. The summed E-state index contributed by atoms with van der Waals surface area (Å²) in [5.74, 6) is -0.108. The topological polar surface area (TPSA) is 99.4 Å². The van der Waals surface area contributed by atoms with Gasteiger partial charge in [-0.3, -0.25) is 4.79 Å². The van der Waals surface area contributed by atoms with Crippen LogP contribution in [-0.2, 0) is 16.3 Å². The minimum atomic E-state index is -2.95. The van der Waals surface area contributed by atoms with E-state index in [0.29, 0.717) is 18.7 Å². The third-order valence-electron chi connectivity index (χ3n) is 4.04. The summed E-state index contributed by atoms with van der Waals surface area (Å²) in [6.45, 7) is 0. The number of hydrogen-bond acceptors (Lipinski definition) is 8. The number of nitrogens with zero attached hydrogens (tertiary/aromatic N) is 2. The number of Topliss-reactive ketones (excluding diaryl/α,β-unsaturated/α-hetero) is 1. The average molecular weight is 400 g/mol. The lowest BCUT2D eigenvalue weighted by Crippen LogP contribution is -2.07. The van der Waals surface area contributed by atoms with Crippen molar-refractivity contribution < 1.29 is 26.8 Å². The van der Waals surface area contributed by atoms with Crippen LogP contribution in [0.3, 0.4) is 0 Å². The fraction of sp³-hybridized carbons (Fsp3) is 0.438. The number of carbonyl (C=O) groups excluding carboxylic acids is 1. The van der Waals surface area contributed by atoms with Crippen LogP contribution in [0, 0.1) is 11.7 Å². The van der Waals surface area contributed by atoms with Crippen LogP contribution in [0.2, 0.25) is 0 Å². The second kappa shape index (κ2) is 7.75. The molecule has 26 heavy (non-hydrogen) atoms. The molecule has 1 saturated heterocycles. The zero-order valence-corrected chi connectivity index (χ0v) is 15.6. The SMILES string of the molecule is COc1ccc(C(=O)CSc2nnc(CC3CCS(=O)(=O)C3)o2)cc1F. The van der Waals surface area contributed by atoms with Gasteiger partial charge in [0.25, 0.3) is 5.22 Å². The molecule has 1 atom stereocenters. The lowest BCUT2D eigenvalue weighted by Gasteiger charge is -2.04. The van der Waals surface area contributed by atoms with Crippen LogP contribution in [-0.4, -0.2) is 48.8 Å². The van der Waals surface area contributed by atoms with Gasteiger partial charge in [0.05, 0.1) is 24.4 Å². The summed E-state index contributed by atoms with van der Waals surface area (Å²) in [5.41, 5.74) is 0.228. The highest BCUT2D eigenvalue weighted by Gasteiger charge is 2.29. The summed E-state index contributed by atoms with van der Waals surface area (Å²) < 4.78 is 46.9. The first-order valence-corrected chi connectivity index (χ1v) is 10.7. The number of ether oxygens (including phenoxy) is 1. The minimum absolute atomic E-state index is 0.0118. The van der Waals surface area contributed by atoms with Crippen molar-refractivity contribution >= 4 is 27.4 Å².